The Labute approximate surface area is 198 Å². The largest absolute Gasteiger partial charge is 0.467 e. The average molecular weight is 470 g/mol. The molecule has 0 bridgehead atoms. The van der Waals surface area contributed by atoms with Gasteiger partial charge in [0.05, 0.1) is 12.0 Å². The molecule has 0 radical (unpaired) electrons. The van der Waals surface area contributed by atoms with Crippen molar-refractivity contribution in [1.82, 2.24) is 20.2 Å². The van der Waals surface area contributed by atoms with E-state index in [9.17, 15) is 4.79 Å². The average Bonchev–Trinajstić information content (AvgIpc) is 3.68. The van der Waals surface area contributed by atoms with Gasteiger partial charge in [-0.25, -0.2) is 9.99 Å². The minimum Gasteiger partial charge on any atom is -0.467 e. The van der Waals surface area contributed by atoms with Crippen molar-refractivity contribution < 1.29 is 13.6 Å². The molecular weight excluding hydrogens is 450 g/mol. The number of nitrogens with one attached hydrogen (secondary N) is 1. The van der Waals surface area contributed by atoms with Gasteiger partial charge in [-0.3, -0.25) is 9.89 Å². The van der Waals surface area contributed by atoms with Crippen LogP contribution in [0.25, 0.3) is 22.4 Å². The van der Waals surface area contributed by atoms with Crippen LogP contribution in [-0.2, 0) is 4.79 Å². The van der Waals surface area contributed by atoms with Gasteiger partial charge in [-0.05, 0) is 24.3 Å². The molecule has 2 aromatic carbocycles. The van der Waals surface area contributed by atoms with Crippen LogP contribution in [0.5, 0.6) is 0 Å². The Kier molecular flexibility index (Phi) is 5.23. The van der Waals surface area contributed by atoms with Crippen LogP contribution in [0.3, 0.4) is 0 Å². The Morgan fingerprint density at radius 3 is 2.76 bits per heavy atom. The monoisotopic (exact) mass is 469 g/mol. The number of aromatic nitrogens is 3. The van der Waals surface area contributed by atoms with Crippen molar-refractivity contribution in [2.75, 3.05) is 5.75 Å². The maximum absolute atomic E-state index is 13.2. The predicted octanol–water partition coefficient (Wildman–Crippen LogP) is 5.28. The molecule has 1 atom stereocenters. The highest BCUT2D eigenvalue weighted by atomic mass is 32.2. The predicted molar refractivity (Wildman–Crippen MR) is 128 cm³/mol. The SMILES string of the molecule is O=C(CSc1n[nH]c(-c2ccccc2)n1)N1N=C(c2cc3ccccc3o2)CC1c1ccco1. The van der Waals surface area contributed by atoms with E-state index in [0.717, 1.165) is 16.5 Å². The van der Waals surface area contributed by atoms with Crippen LogP contribution in [0.1, 0.15) is 24.0 Å². The first-order chi connectivity index (χ1) is 16.7. The molecule has 5 aromatic rings. The highest BCUT2D eigenvalue weighted by Gasteiger charge is 2.36. The first-order valence-corrected chi connectivity index (χ1v) is 11.8. The quantitative estimate of drug-likeness (QED) is 0.340. The lowest BCUT2D eigenvalue weighted by Gasteiger charge is -2.19. The van der Waals surface area contributed by atoms with Crippen molar-refractivity contribution in [3.05, 3.63) is 90.6 Å². The van der Waals surface area contributed by atoms with E-state index in [1.807, 2.05) is 72.8 Å². The number of thioether (sulfide) groups is 1. The maximum Gasteiger partial charge on any atom is 0.253 e. The molecule has 0 fully saturated rings. The summed E-state index contributed by atoms with van der Waals surface area (Å²) in [7, 11) is 0. The molecule has 1 aliphatic rings. The number of nitrogens with zero attached hydrogens (tertiary/aromatic N) is 4. The Morgan fingerprint density at radius 2 is 1.94 bits per heavy atom. The standard InChI is InChI=1S/C25H19N5O3S/c31-23(15-34-25-26-24(27-28-25)16-7-2-1-3-8-16)30-19(21-11-6-12-32-21)14-18(29-30)22-13-17-9-4-5-10-20(17)33-22/h1-13,19H,14-15H2,(H,26,27,28). The van der Waals surface area contributed by atoms with Crippen LogP contribution in [0, 0.1) is 0 Å². The first-order valence-electron chi connectivity index (χ1n) is 10.8. The third-order valence-corrected chi connectivity index (χ3v) is 6.42. The van der Waals surface area contributed by atoms with E-state index in [4.69, 9.17) is 8.83 Å². The lowest BCUT2D eigenvalue weighted by atomic mass is 10.1. The Bertz CT molecular complexity index is 1440. The molecule has 4 heterocycles. The van der Waals surface area contributed by atoms with Gasteiger partial charge in [0.2, 0.25) is 5.16 Å². The Hall–Kier alpha value is -4.11. The smallest absolute Gasteiger partial charge is 0.253 e. The van der Waals surface area contributed by atoms with Crippen LogP contribution in [0.15, 0.2) is 98.2 Å². The zero-order valence-electron chi connectivity index (χ0n) is 17.9. The van der Waals surface area contributed by atoms with Gasteiger partial charge in [0, 0.05) is 17.4 Å². The topological polar surface area (TPSA) is 101 Å². The van der Waals surface area contributed by atoms with Gasteiger partial charge in [0.15, 0.2) is 11.6 Å². The lowest BCUT2D eigenvalue weighted by Crippen LogP contribution is -2.28. The van der Waals surface area contributed by atoms with E-state index >= 15 is 0 Å². The molecule has 0 spiro atoms. The third-order valence-electron chi connectivity index (χ3n) is 5.58. The van der Waals surface area contributed by atoms with Gasteiger partial charge in [-0.2, -0.15) is 5.10 Å². The van der Waals surface area contributed by atoms with Crippen LogP contribution >= 0.6 is 11.8 Å². The fourth-order valence-electron chi connectivity index (χ4n) is 3.94. The minimum absolute atomic E-state index is 0.139. The number of rotatable bonds is 6. The number of benzene rings is 2. The summed E-state index contributed by atoms with van der Waals surface area (Å²) in [5.74, 6) is 1.97. The summed E-state index contributed by atoms with van der Waals surface area (Å²) in [6, 6.07) is 22.8. The van der Waals surface area contributed by atoms with E-state index in [1.54, 1.807) is 6.26 Å². The molecule has 0 saturated carbocycles. The summed E-state index contributed by atoms with van der Waals surface area (Å²) in [6.07, 6.45) is 2.10. The van der Waals surface area contributed by atoms with Gasteiger partial charge in [0.1, 0.15) is 23.1 Å². The summed E-state index contributed by atoms with van der Waals surface area (Å²) in [5.41, 5.74) is 2.43. The zero-order chi connectivity index (χ0) is 22.9. The highest BCUT2D eigenvalue weighted by Crippen LogP contribution is 2.35. The van der Waals surface area contributed by atoms with Crippen molar-refractivity contribution in [3.63, 3.8) is 0 Å². The number of para-hydroxylation sites is 1. The maximum atomic E-state index is 13.2. The number of fused-ring (bicyclic) bond motifs is 1. The summed E-state index contributed by atoms with van der Waals surface area (Å²) in [6.45, 7) is 0. The van der Waals surface area contributed by atoms with Crippen molar-refractivity contribution >= 4 is 34.3 Å². The van der Waals surface area contributed by atoms with Crippen molar-refractivity contribution in [3.8, 4) is 11.4 Å². The summed E-state index contributed by atoms with van der Waals surface area (Å²) >= 11 is 1.26. The van der Waals surface area contributed by atoms with Gasteiger partial charge < -0.3 is 8.83 Å². The molecule has 34 heavy (non-hydrogen) atoms. The molecule has 168 valence electrons. The fourth-order valence-corrected chi connectivity index (χ4v) is 4.60. The van der Waals surface area contributed by atoms with Crippen molar-refractivity contribution in [1.29, 1.82) is 0 Å². The molecule has 1 amide bonds. The molecule has 6 rings (SSSR count). The number of H-pyrrole nitrogens is 1. The molecular formula is C25H19N5O3S. The van der Waals surface area contributed by atoms with Crippen molar-refractivity contribution in [2.45, 2.75) is 17.6 Å². The number of hydrogen-bond acceptors (Lipinski definition) is 7. The number of carbonyl (C=O) groups is 1. The number of aromatic amines is 1. The Balaban J connectivity index is 1.22. The third kappa shape index (κ3) is 3.90. The van der Waals surface area contributed by atoms with Gasteiger partial charge in [-0.1, -0.05) is 60.3 Å². The van der Waals surface area contributed by atoms with E-state index in [2.05, 4.69) is 20.3 Å². The number of hydrazone groups is 1. The summed E-state index contributed by atoms with van der Waals surface area (Å²) in [5, 5.41) is 14.8. The molecule has 9 heteroatoms. The second kappa shape index (κ2) is 8.68. The number of hydrogen-bond donors (Lipinski definition) is 1. The van der Waals surface area contributed by atoms with Gasteiger partial charge in [0.25, 0.3) is 5.91 Å². The number of amides is 1. The van der Waals surface area contributed by atoms with Gasteiger partial charge >= 0.3 is 0 Å². The van der Waals surface area contributed by atoms with E-state index < -0.39 is 0 Å². The number of carbonyl (C=O) groups excluding carboxylic acids is 1. The van der Waals surface area contributed by atoms with Crippen LogP contribution in [0.2, 0.25) is 0 Å². The molecule has 1 unspecified atom stereocenters. The lowest BCUT2D eigenvalue weighted by molar-refractivity contribution is -0.130. The second-order valence-corrected chi connectivity index (χ2v) is 8.73. The number of furan rings is 2. The summed E-state index contributed by atoms with van der Waals surface area (Å²) in [4.78, 5) is 17.7. The van der Waals surface area contributed by atoms with Crippen molar-refractivity contribution in [2.24, 2.45) is 5.10 Å². The second-order valence-electron chi connectivity index (χ2n) is 7.79. The molecule has 1 aliphatic heterocycles. The molecule has 0 saturated heterocycles. The van der Waals surface area contributed by atoms with Crippen LogP contribution in [-0.4, -0.2) is 37.6 Å². The Morgan fingerprint density at radius 1 is 1.09 bits per heavy atom. The zero-order valence-corrected chi connectivity index (χ0v) is 18.7. The highest BCUT2D eigenvalue weighted by molar-refractivity contribution is 7.99. The van der Waals surface area contributed by atoms with E-state index in [1.165, 1.54) is 16.8 Å². The molecule has 3 aromatic heterocycles. The molecule has 1 N–H and O–H groups in total. The van der Waals surface area contributed by atoms with E-state index in [-0.39, 0.29) is 17.7 Å². The van der Waals surface area contributed by atoms with Crippen LogP contribution in [0.4, 0.5) is 0 Å². The molecule has 0 aliphatic carbocycles. The van der Waals surface area contributed by atoms with E-state index in [0.29, 0.717) is 34.6 Å². The molecule has 8 nitrogen and oxygen atoms in total. The fraction of sp³-hybridized carbons (Fsp3) is 0.120. The first kappa shape index (κ1) is 20.5. The normalized spacial score (nSPS) is 15.7. The minimum atomic E-state index is -0.335. The van der Waals surface area contributed by atoms with Crippen LogP contribution < -0.4 is 0 Å². The van der Waals surface area contributed by atoms with Gasteiger partial charge in [-0.15, -0.1) is 5.10 Å². The summed E-state index contributed by atoms with van der Waals surface area (Å²) < 4.78 is 11.6.